The minimum Gasteiger partial charge on any atom is -0.481 e. The highest BCUT2D eigenvalue weighted by molar-refractivity contribution is 8.01. The third-order valence-electron chi connectivity index (χ3n) is 1.40. The molecule has 0 aromatic carbocycles. The SMILES string of the molecule is COC(=O)CSc1nc(CC(=O)O)cs1. The van der Waals surface area contributed by atoms with Crippen LogP contribution in [0.2, 0.25) is 0 Å². The molecule has 0 fully saturated rings. The molecule has 0 spiro atoms. The van der Waals surface area contributed by atoms with Gasteiger partial charge in [-0.1, -0.05) is 11.8 Å². The molecule has 0 unspecified atom stereocenters. The highest BCUT2D eigenvalue weighted by Gasteiger charge is 2.08. The van der Waals surface area contributed by atoms with E-state index in [-0.39, 0.29) is 18.1 Å². The number of thiazole rings is 1. The third kappa shape index (κ3) is 4.30. The van der Waals surface area contributed by atoms with Crippen molar-refractivity contribution >= 4 is 35.0 Å². The Labute approximate surface area is 94.5 Å². The number of hydrogen-bond acceptors (Lipinski definition) is 6. The van der Waals surface area contributed by atoms with E-state index in [4.69, 9.17) is 5.11 Å². The van der Waals surface area contributed by atoms with Crippen molar-refractivity contribution in [1.29, 1.82) is 0 Å². The average Bonchev–Trinajstić information content (AvgIpc) is 2.61. The highest BCUT2D eigenvalue weighted by Crippen LogP contribution is 2.22. The minimum atomic E-state index is -0.912. The van der Waals surface area contributed by atoms with Gasteiger partial charge in [0.25, 0.3) is 0 Å². The number of nitrogens with zero attached hydrogens (tertiary/aromatic N) is 1. The number of carbonyl (C=O) groups excluding carboxylic acids is 1. The number of aromatic nitrogens is 1. The highest BCUT2D eigenvalue weighted by atomic mass is 32.2. The molecule has 0 aliphatic heterocycles. The maximum Gasteiger partial charge on any atom is 0.316 e. The number of carbonyl (C=O) groups is 2. The normalized spacial score (nSPS) is 9.93. The van der Waals surface area contributed by atoms with Crippen LogP contribution >= 0.6 is 23.1 Å². The fourth-order valence-corrected chi connectivity index (χ4v) is 2.45. The van der Waals surface area contributed by atoms with Crippen molar-refractivity contribution in [2.24, 2.45) is 0 Å². The summed E-state index contributed by atoms with van der Waals surface area (Å²) in [6.45, 7) is 0. The van der Waals surface area contributed by atoms with Crippen LogP contribution < -0.4 is 0 Å². The second-order valence-corrected chi connectivity index (χ2v) is 4.62. The first kappa shape index (κ1) is 12.0. The van der Waals surface area contributed by atoms with Gasteiger partial charge in [-0.05, 0) is 0 Å². The Morgan fingerprint density at radius 3 is 3.00 bits per heavy atom. The van der Waals surface area contributed by atoms with Gasteiger partial charge in [-0.3, -0.25) is 9.59 Å². The van der Waals surface area contributed by atoms with E-state index in [0.717, 1.165) is 0 Å². The molecule has 0 atom stereocenters. The lowest BCUT2D eigenvalue weighted by atomic mass is 10.3. The number of rotatable bonds is 5. The second-order valence-electron chi connectivity index (χ2n) is 2.54. The van der Waals surface area contributed by atoms with Gasteiger partial charge >= 0.3 is 11.9 Å². The number of carboxylic acids is 1. The zero-order valence-corrected chi connectivity index (χ0v) is 9.56. The van der Waals surface area contributed by atoms with E-state index in [1.165, 1.54) is 30.2 Å². The lowest BCUT2D eigenvalue weighted by molar-refractivity contribution is -0.138. The van der Waals surface area contributed by atoms with Crippen LogP contribution in [0.15, 0.2) is 9.72 Å². The molecular weight excluding hydrogens is 238 g/mol. The summed E-state index contributed by atoms with van der Waals surface area (Å²) in [5.41, 5.74) is 0.514. The molecule has 0 bridgehead atoms. The number of esters is 1. The Kier molecular flexibility index (Phi) is 4.57. The van der Waals surface area contributed by atoms with E-state index in [0.29, 0.717) is 10.0 Å². The number of carboxylic acid groups (broad SMARTS) is 1. The predicted octanol–water partition coefficient (Wildman–Crippen LogP) is 1.04. The van der Waals surface area contributed by atoms with Crippen LogP contribution in [0.3, 0.4) is 0 Å². The zero-order chi connectivity index (χ0) is 11.3. The van der Waals surface area contributed by atoms with Crippen LogP contribution in [0, 0.1) is 0 Å². The van der Waals surface area contributed by atoms with E-state index in [9.17, 15) is 9.59 Å². The molecule has 0 saturated heterocycles. The zero-order valence-electron chi connectivity index (χ0n) is 7.93. The quantitative estimate of drug-likeness (QED) is 0.618. The summed E-state index contributed by atoms with van der Waals surface area (Å²) in [5.74, 6) is -1.05. The molecule has 15 heavy (non-hydrogen) atoms. The standard InChI is InChI=1S/C8H9NO4S2/c1-13-7(12)4-15-8-9-5(3-14-8)2-6(10)11/h3H,2,4H2,1H3,(H,10,11). The topological polar surface area (TPSA) is 76.5 Å². The van der Waals surface area contributed by atoms with Crippen molar-refractivity contribution in [3.05, 3.63) is 11.1 Å². The monoisotopic (exact) mass is 247 g/mol. The van der Waals surface area contributed by atoms with Crippen molar-refractivity contribution < 1.29 is 19.4 Å². The molecule has 0 amide bonds. The molecule has 7 heteroatoms. The number of methoxy groups -OCH3 is 1. The summed E-state index contributed by atoms with van der Waals surface area (Å²) < 4.78 is 5.14. The first-order valence-electron chi connectivity index (χ1n) is 3.97. The van der Waals surface area contributed by atoms with Gasteiger partial charge in [0.05, 0.1) is 25.0 Å². The van der Waals surface area contributed by atoms with Crippen LogP contribution in [-0.2, 0) is 20.7 Å². The number of ether oxygens (including phenoxy) is 1. The summed E-state index contributed by atoms with van der Waals surface area (Å²) in [5, 5.41) is 10.2. The van der Waals surface area contributed by atoms with Gasteiger partial charge in [-0.15, -0.1) is 11.3 Å². The molecule has 1 aromatic heterocycles. The molecule has 1 rings (SSSR count). The van der Waals surface area contributed by atoms with Crippen LogP contribution in [-0.4, -0.2) is 34.9 Å². The molecular formula is C8H9NO4S2. The molecule has 1 aromatic rings. The maximum absolute atomic E-state index is 10.8. The molecule has 0 radical (unpaired) electrons. The molecule has 0 saturated carbocycles. The van der Waals surface area contributed by atoms with Crippen molar-refractivity contribution in [2.45, 2.75) is 10.8 Å². The van der Waals surface area contributed by atoms with Crippen LogP contribution in [0.1, 0.15) is 5.69 Å². The van der Waals surface area contributed by atoms with E-state index >= 15 is 0 Å². The summed E-state index contributed by atoms with van der Waals surface area (Å²) in [4.78, 5) is 25.2. The Bertz CT molecular complexity index is 363. The number of aliphatic carboxylic acids is 1. The first-order valence-corrected chi connectivity index (χ1v) is 5.84. The van der Waals surface area contributed by atoms with Gasteiger partial charge < -0.3 is 9.84 Å². The molecule has 1 N–H and O–H groups in total. The van der Waals surface area contributed by atoms with Gasteiger partial charge in [0.15, 0.2) is 4.34 Å². The van der Waals surface area contributed by atoms with Crippen molar-refractivity contribution in [1.82, 2.24) is 4.98 Å². The lowest BCUT2D eigenvalue weighted by Gasteiger charge is -1.95. The molecule has 82 valence electrons. The van der Waals surface area contributed by atoms with Crippen molar-refractivity contribution in [2.75, 3.05) is 12.9 Å². The summed E-state index contributed by atoms with van der Waals surface area (Å²) in [6.07, 6.45) is -0.0880. The maximum atomic E-state index is 10.8. The number of thioether (sulfide) groups is 1. The lowest BCUT2D eigenvalue weighted by Crippen LogP contribution is -2.03. The van der Waals surface area contributed by atoms with Gasteiger partial charge in [0.2, 0.25) is 0 Å². The van der Waals surface area contributed by atoms with Gasteiger partial charge in [0, 0.05) is 5.38 Å². The van der Waals surface area contributed by atoms with Crippen LogP contribution in [0.4, 0.5) is 0 Å². The summed E-state index contributed by atoms with van der Waals surface area (Å²) in [7, 11) is 1.32. The largest absolute Gasteiger partial charge is 0.481 e. The van der Waals surface area contributed by atoms with E-state index < -0.39 is 5.97 Å². The predicted molar refractivity (Wildman–Crippen MR) is 56.2 cm³/mol. The fraction of sp³-hybridized carbons (Fsp3) is 0.375. The third-order valence-corrected chi connectivity index (χ3v) is 3.45. The molecule has 0 aliphatic carbocycles. The van der Waals surface area contributed by atoms with Gasteiger partial charge in [0.1, 0.15) is 0 Å². The molecule has 0 aliphatic rings. The summed E-state index contributed by atoms with van der Waals surface area (Å²) >= 11 is 2.57. The van der Waals surface area contributed by atoms with Crippen molar-refractivity contribution in [3.8, 4) is 0 Å². The van der Waals surface area contributed by atoms with Gasteiger partial charge in [-0.2, -0.15) is 0 Å². The number of hydrogen-bond donors (Lipinski definition) is 1. The Morgan fingerprint density at radius 2 is 2.40 bits per heavy atom. The summed E-state index contributed by atoms with van der Waals surface area (Å²) in [6, 6.07) is 0. The molecule has 5 nitrogen and oxygen atoms in total. The van der Waals surface area contributed by atoms with Crippen molar-refractivity contribution in [3.63, 3.8) is 0 Å². The Balaban J connectivity index is 2.46. The minimum absolute atomic E-state index is 0.0880. The van der Waals surface area contributed by atoms with Gasteiger partial charge in [-0.25, -0.2) is 4.98 Å². The average molecular weight is 247 g/mol. The van der Waals surface area contributed by atoms with Crippen LogP contribution in [0.25, 0.3) is 0 Å². The molecule has 1 heterocycles. The second kappa shape index (κ2) is 5.72. The smallest absolute Gasteiger partial charge is 0.316 e. The Hall–Kier alpha value is -1.08. The first-order chi connectivity index (χ1) is 7.11. The van der Waals surface area contributed by atoms with E-state index in [1.54, 1.807) is 5.38 Å². The fourth-order valence-electron chi connectivity index (χ4n) is 0.770. The Morgan fingerprint density at radius 1 is 1.67 bits per heavy atom. The van der Waals surface area contributed by atoms with E-state index in [2.05, 4.69) is 9.72 Å². The van der Waals surface area contributed by atoms with E-state index in [1.807, 2.05) is 0 Å². The van der Waals surface area contributed by atoms with Crippen LogP contribution in [0.5, 0.6) is 0 Å².